The lowest BCUT2D eigenvalue weighted by Gasteiger charge is -2.31. The molecular weight excluding hydrogens is 472 g/mol. The van der Waals surface area contributed by atoms with Crippen molar-refractivity contribution in [3.63, 3.8) is 0 Å². The van der Waals surface area contributed by atoms with Gasteiger partial charge in [-0.3, -0.25) is 9.69 Å². The van der Waals surface area contributed by atoms with Gasteiger partial charge in [-0.05, 0) is 34.5 Å². The Morgan fingerprint density at radius 1 is 1.11 bits per heavy atom. The second-order valence-electron chi connectivity index (χ2n) is 9.15. The van der Waals surface area contributed by atoms with Crippen molar-refractivity contribution < 1.29 is 14.2 Å². The summed E-state index contributed by atoms with van der Waals surface area (Å²) in [5.74, 6) is 2.12. The van der Waals surface area contributed by atoms with Crippen LogP contribution in [0.25, 0.3) is 10.9 Å². The molecule has 37 heavy (non-hydrogen) atoms. The maximum absolute atomic E-state index is 13.2. The quantitative estimate of drug-likeness (QED) is 0.331. The van der Waals surface area contributed by atoms with Crippen LogP contribution in [0.3, 0.4) is 0 Å². The summed E-state index contributed by atoms with van der Waals surface area (Å²) in [5.41, 5.74) is 2.41. The van der Waals surface area contributed by atoms with Crippen molar-refractivity contribution in [2.45, 2.75) is 45.4 Å². The predicted molar refractivity (Wildman–Crippen MR) is 139 cm³/mol. The largest absolute Gasteiger partial charge is 0.486 e. The number of nitrogens with zero attached hydrogens (tertiary/aromatic N) is 5. The van der Waals surface area contributed by atoms with Gasteiger partial charge >= 0.3 is 0 Å². The lowest BCUT2D eigenvalue weighted by molar-refractivity contribution is 0.147. The van der Waals surface area contributed by atoms with Crippen molar-refractivity contribution >= 4 is 10.9 Å². The van der Waals surface area contributed by atoms with Crippen LogP contribution in [0, 0.1) is 0 Å². The Morgan fingerprint density at radius 3 is 2.65 bits per heavy atom. The van der Waals surface area contributed by atoms with Gasteiger partial charge in [-0.15, -0.1) is 5.10 Å². The highest BCUT2D eigenvalue weighted by atomic mass is 16.6. The summed E-state index contributed by atoms with van der Waals surface area (Å²) in [6.45, 7) is 5.29. The first-order valence-electron chi connectivity index (χ1n) is 12.6. The second-order valence-corrected chi connectivity index (χ2v) is 9.15. The number of methoxy groups -OCH3 is 1. The summed E-state index contributed by atoms with van der Waals surface area (Å²) in [5, 5.41) is 13.5. The highest BCUT2D eigenvalue weighted by Gasteiger charge is 2.27. The van der Waals surface area contributed by atoms with Crippen LogP contribution in [-0.2, 0) is 24.4 Å². The zero-order valence-corrected chi connectivity index (χ0v) is 21.2. The molecule has 0 spiro atoms. The van der Waals surface area contributed by atoms with Gasteiger partial charge in [0.25, 0.3) is 5.56 Å². The van der Waals surface area contributed by atoms with E-state index in [2.05, 4.69) is 44.5 Å². The lowest BCUT2D eigenvalue weighted by atomic mass is 10.1. The molecule has 1 aliphatic rings. The van der Waals surface area contributed by atoms with Crippen LogP contribution in [-0.4, -0.2) is 57.0 Å². The number of hydrogen-bond donors (Lipinski definition) is 1. The van der Waals surface area contributed by atoms with E-state index in [1.54, 1.807) is 11.8 Å². The fraction of sp³-hybridized carbons (Fsp3) is 0.407. The molecule has 3 heterocycles. The van der Waals surface area contributed by atoms with Crippen molar-refractivity contribution in [2.75, 3.05) is 26.9 Å². The SMILES string of the molecule is CCC[C@@H](c1nnnn1CCOC)N(Cc1ccccc1)Cc1cc2cc3c(cc2[nH]c1=O)OCCO3. The number of aromatic nitrogens is 5. The predicted octanol–water partition coefficient (Wildman–Crippen LogP) is 3.48. The third kappa shape index (κ3) is 5.65. The number of aromatic amines is 1. The highest BCUT2D eigenvalue weighted by molar-refractivity contribution is 5.83. The van der Waals surface area contributed by atoms with Crippen LogP contribution < -0.4 is 15.0 Å². The molecular formula is C27H32N6O4. The first-order valence-corrected chi connectivity index (χ1v) is 12.6. The first kappa shape index (κ1) is 24.9. The van der Waals surface area contributed by atoms with Crippen molar-refractivity contribution in [1.82, 2.24) is 30.1 Å². The summed E-state index contributed by atoms with van der Waals surface area (Å²) in [7, 11) is 1.66. The molecule has 0 saturated carbocycles. The molecule has 5 rings (SSSR count). The number of pyridine rings is 1. The lowest BCUT2D eigenvalue weighted by Crippen LogP contribution is -2.33. The van der Waals surface area contributed by atoms with Gasteiger partial charge in [0.15, 0.2) is 17.3 Å². The Hall–Kier alpha value is -3.76. The van der Waals surface area contributed by atoms with Gasteiger partial charge in [0.1, 0.15) is 13.2 Å². The molecule has 194 valence electrons. The smallest absolute Gasteiger partial charge is 0.252 e. The molecule has 1 atom stereocenters. The van der Waals surface area contributed by atoms with E-state index in [0.717, 1.165) is 35.1 Å². The van der Waals surface area contributed by atoms with Crippen molar-refractivity contribution in [1.29, 1.82) is 0 Å². The van der Waals surface area contributed by atoms with Crippen LogP contribution >= 0.6 is 0 Å². The van der Waals surface area contributed by atoms with Gasteiger partial charge < -0.3 is 19.2 Å². The normalized spacial score (nSPS) is 13.8. The number of rotatable bonds is 11. The van der Waals surface area contributed by atoms with E-state index < -0.39 is 0 Å². The Kier molecular flexibility index (Phi) is 7.76. The number of ether oxygens (including phenoxy) is 3. The molecule has 0 aliphatic carbocycles. The fourth-order valence-corrected chi connectivity index (χ4v) is 4.75. The molecule has 0 fully saturated rings. The van der Waals surface area contributed by atoms with Gasteiger partial charge in [0.05, 0.1) is 24.7 Å². The Bertz CT molecular complexity index is 1390. The van der Waals surface area contributed by atoms with E-state index in [-0.39, 0.29) is 11.6 Å². The number of H-pyrrole nitrogens is 1. The van der Waals surface area contributed by atoms with E-state index in [0.29, 0.717) is 56.5 Å². The number of tetrazole rings is 1. The Labute approximate surface area is 215 Å². The molecule has 0 amide bonds. The highest BCUT2D eigenvalue weighted by Crippen LogP contribution is 2.34. The van der Waals surface area contributed by atoms with Crippen LogP contribution in [0.1, 0.15) is 42.8 Å². The molecule has 1 N–H and O–H groups in total. The zero-order valence-electron chi connectivity index (χ0n) is 21.2. The number of fused-ring (bicyclic) bond motifs is 2. The number of nitrogens with one attached hydrogen (secondary N) is 1. The summed E-state index contributed by atoms with van der Waals surface area (Å²) in [4.78, 5) is 18.6. The first-order chi connectivity index (χ1) is 18.2. The molecule has 0 radical (unpaired) electrons. The van der Waals surface area contributed by atoms with Crippen molar-refractivity contribution in [2.24, 2.45) is 0 Å². The average Bonchev–Trinajstić information content (AvgIpc) is 3.38. The summed E-state index contributed by atoms with van der Waals surface area (Å²) >= 11 is 0. The van der Waals surface area contributed by atoms with E-state index >= 15 is 0 Å². The minimum atomic E-state index is -0.128. The van der Waals surface area contributed by atoms with Gasteiger partial charge in [0.2, 0.25) is 0 Å². The van der Waals surface area contributed by atoms with E-state index in [1.165, 1.54) is 0 Å². The third-order valence-electron chi connectivity index (χ3n) is 6.55. The molecule has 4 aromatic rings. The maximum atomic E-state index is 13.2. The van der Waals surface area contributed by atoms with Crippen LogP contribution in [0.15, 0.2) is 53.3 Å². The minimum absolute atomic E-state index is 0.0903. The topological polar surface area (TPSA) is 107 Å². The monoisotopic (exact) mass is 504 g/mol. The van der Waals surface area contributed by atoms with Crippen molar-refractivity contribution in [3.8, 4) is 11.5 Å². The van der Waals surface area contributed by atoms with E-state index in [1.807, 2.05) is 36.4 Å². The molecule has 10 nitrogen and oxygen atoms in total. The zero-order chi connectivity index (χ0) is 25.6. The summed E-state index contributed by atoms with van der Waals surface area (Å²) < 4.78 is 18.5. The molecule has 2 aromatic carbocycles. The van der Waals surface area contributed by atoms with Gasteiger partial charge in [-0.2, -0.15) is 0 Å². The molecule has 10 heteroatoms. The van der Waals surface area contributed by atoms with Gasteiger partial charge in [0, 0.05) is 37.2 Å². The summed E-state index contributed by atoms with van der Waals surface area (Å²) in [6.07, 6.45) is 1.77. The summed E-state index contributed by atoms with van der Waals surface area (Å²) in [6, 6.07) is 15.9. The van der Waals surface area contributed by atoms with E-state index in [4.69, 9.17) is 14.2 Å². The fourth-order valence-electron chi connectivity index (χ4n) is 4.75. The molecule has 0 bridgehead atoms. The third-order valence-corrected chi connectivity index (χ3v) is 6.55. The van der Waals surface area contributed by atoms with Crippen LogP contribution in [0.4, 0.5) is 0 Å². The Balaban J connectivity index is 1.53. The van der Waals surface area contributed by atoms with Crippen molar-refractivity contribution in [3.05, 3.63) is 75.8 Å². The molecule has 0 unspecified atom stereocenters. The molecule has 2 aromatic heterocycles. The average molecular weight is 505 g/mol. The van der Waals surface area contributed by atoms with E-state index in [9.17, 15) is 4.79 Å². The number of hydrogen-bond acceptors (Lipinski definition) is 8. The van der Waals surface area contributed by atoms with Gasteiger partial charge in [-0.1, -0.05) is 43.7 Å². The van der Waals surface area contributed by atoms with Gasteiger partial charge in [-0.25, -0.2) is 4.68 Å². The molecule has 1 aliphatic heterocycles. The molecule has 0 saturated heterocycles. The second kappa shape index (κ2) is 11.5. The van der Waals surface area contributed by atoms with Crippen LogP contribution in [0.5, 0.6) is 11.5 Å². The standard InChI is InChI=1S/C27H32N6O4/c1-3-7-23(26-29-30-31-33(26)10-11-35-2)32(17-19-8-5-4-6-9-19)18-21-14-20-15-24-25(37-13-12-36-24)16-22(20)28-27(21)34/h4-6,8-9,14-16,23H,3,7,10-13,17-18H2,1-2H3,(H,28,34)/t23-/m0/s1. The maximum Gasteiger partial charge on any atom is 0.252 e. The Morgan fingerprint density at radius 2 is 1.89 bits per heavy atom. The minimum Gasteiger partial charge on any atom is -0.486 e. The van der Waals surface area contributed by atoms with Crippen LogP contribution in [0.2, 0.25) is 0 Å². The number of benzene rings is 2.